The molecule has 0 aliphatic heterocycles. The van der Waals surface area contributed by atoms with Crippen LogP contribution in [-0.2, 0) is 13.9 Å². The van der Waals surface area contributed by atoms with Crippen molar-refractivity contribution in [1.82, 2.24) is 31.2 Å². The van der Waals surface area contributed by atoms with Gasteiger partial charge in [0.2, 0.25) is 5.91 Å². The zero-order valence-corrected chi connectivity index (χ0v) is 13.4. The molecule has 0 aromatic carbocycles. The molecule has 0 atom stereocenters. The molecule has 0 bridgehead atoms. The summed E-state index contributed by atoms with van der Waals surface area (Å²) in [6, 6.07) is 0. The first-order valence-corrected chi connectivity index (χ1v) is 5.82. The minimum atomic E-state index is 0.00463. The Morgan fingerprint density at radius 2 is 1.95 bits per heavy atom. The van der Waals surface area contributed by atoms with Gasteiger partial charge in [-0.2, -0.15) is 5.21 Å². The van der Waals surface area contributed by atoms with Gasteiger partial charge in [0.25, 0.3) is 0 Å². The lowest BCUT2D eigenvalue weighted by atomic mass is 10.7. The molecule has 0 radical (unpaired) electrons. The number of thiol groups is 1. The second kappa shape index (κ2) is 19.1. The number of aromatic nitrogens is 4. The number of nitrogens with one attached hydrogen (secondary N) is 2. The molecule has 19 heavy (non-hydrogen) atoms. The van der Waals surface area contributed by atoms with Gasteiger partial charge in [-0.25, -0.2) is 4.28 Å². The summed E-state index contributed by atoms with van der Waals surface area (Å²) in [4.78, 5) is 14.1. The van der Waals surface area contributed by atoms with E-state index < -0.39 is 0 Å². The summed E-state index contributed by atoms with van der Waals surface area (Å²) in [6.07, 6.45) is 0. The third-order valence-electron chi connectivity index (χ3n) is 1.18. The maximum Gasteiger partial charge on any atom is 0.216 e. The molecule has 9 nitrogen and oxygen atoms in total. The summed E-state index contributed by atoms with van der Waals surface area (Å²) < 4.78 is 4.20. The van der Waals surface area contributed by atoms with Crippen LogP contribution in [0.3, 0.4) is 0 Å². The average molecular weight is 296 g/mol. The fourth-order valence-corrected chi connectivity index (χ4v) is 0.312. The van der Waals surface area contributed by atoms with Crippen molar-refractivity contribution in [2.24, 2.45) is 0 Å². The molecular weight excluding hydrogens is 272 g/mol. The number of hydroxylamine groups is 2. The molecule has 0 spiro atoms. The monoisotopic (exact) mass is 296 g/mol. The third kappa shape index (κ3) is 26.4. The highest BCUT2D eigenvalue weighted by atomic mass is 32.1. The van der Waals surface area contributed by atoms with Gasteiger partial charge in [-0.15, -0.1) is 10.2 Å². The van der Waals surface area contributed by atoms with Crippen molar-refractivity contribution in [3.05, 3.63) is 5.82 Å². The van der Waals surface area contributed by atoms with Crippen molar-refractivity contribution in [2.45, 2.75) is 27.7 Å². The summed E-state index contributed by atoms with van der Waals surface area (Å²) in [5, 5.41) is 16.2. The predicted molar refractivity (Wildman–Crippen MR) is 74.8 cm³/mol. The van der Waals surface area contributed by atoms with Crippen molar-refractivity contribution in [1.29, 1.82) is 0 Å². The van der Waals surface area contributed by atoms with Crippen LogP contribution in [0.2, 0.25) is 0 Å². The van der Waals surface area contributed by atoms with Crippen molar-refractivity contribution in [3.63, 3.8) is 0 Å². The Morgan fingerprint density at radius 3 is 2.00 bits per heavy atom. The molecule has 10 heteroatoms. The molecule has 0 saturated heterocycles. The van der Waals surface area contributed by atoms with Crippen LogP contribution < -0.4 is 5.32 Å². The number of hydrogen-bond donors (Lipinski definition) is 3. The summed E-state index contributed by atoms with van der Waals surface area (Å²) in [5.41, 5.74) is 0. The van der Waals surface area contributed by atoms with Gasteiger partial charge in [-0.1, -0.05) is 24.3 Å². The maximum atomic E-state index is 9.70. The summed E-state index contributed by atoms with van der Waals surface area (Å²) in [7, 11) is 4.67. The number of nitrogens with zero attached hydrogens (tertiary/aromatic N) is 4. The Labute approximate surface area is 119 Å². The molecule has 1 heterocycles. The van der Waals surface area contributed by atoms with Gasteiger partial charge >= 0.3 is 0 Å². The fourth-order valence-electron chi connectivity index (χ4n) is 0.245. The van der Waals surface area contributed by atoms with Gasteiger partial charge in [-0.05, 0) is 6.92 Å². The summed E-state index contributed by atoms with van der Waals surface area (Å²) >= 11 is 3.40. The average Bonchev–Trinajstić information content (AvgIpc) is 2.92. The maximum absolute atomic E-state index is 9.70. The third-order valence-corrected chi connectivity index (χ3v) is 1.41. The second-order valence-corrected chi connectivity index (χ2v) is 2.63. The van der Waals surface area contributed by atoms with E-state index in [0.29, 0.717) is 5.82 Å². The quantitative estimate of drug-likeness (QED) is 0.415. The zero-order chi connectivity index (χ0) is 15.7. The number of aromatic amines is 1. The molecule has 1 aromatic rings. The van der Waals surface area contributed by atoms with E-state index in [1.807, 2.05) is 13.8 Å². The van der Waals surface area contributed by atoms with E-state index in [1.165, 1.54) is 14.0 Å². The van der Waals surface area contributed by atoms with Gasteiger partial charge in [0, 0.05) is 33.9 Å². The van der Waals surface area contributed by atoms with Crippen LogP contribution in [0.25, 0.3) is 0 Å². The number of hydrogen-bond acceptors (Lipinski definition) is 8. The Hall–Kier alpha value is -1.23. The standard InChI is InChI=1S/C3H7NO.C2H4N4.C2H7NO2S.C2H6/c1-3(5)4-2;1-2-3-5-6-4-2;1-3(4-2)5-6;1-2/h1-2H3,(H,4,5);1H3,(H,3,4,5,6);6H,1-2H3;1-2H3. The number of tetrazole rings is 1. The van der Waals surface area contributed by atoms with Crippen LogP contribution in [-0.4, -0.2) is 53.0 Å². The summed E-state index contributed by atoms with van der Waals surface area (Å²) in [5.74, 6) is 0.681. The van der Waals surface area contributed by atoms with Crippen LogP contribution in [0, 0.1) is 6.92 Å². The van der Waals surface area contributed by atoms with Crippen LogP contribution in [0.5, 0.6) is 0 Å². The molecule has 0 fully saturated rings. The van der Waals surface area contributed by atoms with E-state index in [9.17, 15) is 4.79 Å². The van der Waals surface area contributed by atoms with E-state index in [1.54, 1.807) is 21.0 Å². The topological polar surface area (TPSA) is 105 Å². The largest absolute Gasteiger partial charge is 0.359 e. The number of rotatable bonds is 2. The molecule has 0 aliphatic rings. The van der Waals surface area contributed by atoms with Crippen molar-refractivity contribution in [2.75, 3.05) is 21.2 Å². The normalized spacial score (nSPS) is 8.05. The molecule has 114 valence electrons. The molecule has 0 unspecified atom stereocenters. The number of aryl methyl sites for hydroxylation is 1. The minimum absolute atomic E-state index is 0.00463. The van der Waals surface area contributed by atoms with Crippen molar-refractivity contribution in [3.8, 4) is 0 Å². The number of carbonyl (C=O) groups excluding carboxylic acids is 1. The van der Waals surface area contributed by atoms with Gasteiger partial charge in [0.05, 0.1) is 7.11 Å². The zero-order valence-electron chi connectivity index (χ0n) is 12.5. The van der Waals surface area contributed by atoms with Gasteiger partial charge < -0.3 is 5.32 Å². The highest BCUT2D eigenvalue weighted by Crippen LogP contribution is 1.83. The van der Waals surface area contributed by atoms with Gasteiger partial charge in [-0.3, -0.25) is 9.63 Å². The number of amides is 1. The van der Waals surface area contributed by atoms with Crippen LogP contribution in [0.1, 0.15) is 26.6 Å². The molecule has 2 N–H and O–H groups in total. The Bertz CT molecular complexity index is 269. The Kier molecular flexibility index (Phi) is 23.1. The van der Waals surface area contributed by atoms with E-state index in [2.05, 4.69) is 48.0 Å². The van der Waals surface area contributed by atoms with Crippen LogP contribution in [0.4, 0.5) is 0 Å². The molecule has 1 amide bonds. The number of H-pyrrole nitrogens is 1. The van der Waals surface area contributed by atoms with Crippen LogP contribution in [0.15, 0.2) is 0 Å². The lowest BCUT2D eigenvalue weighted by Gasteiger charge is -2.05. The van der Waals surface area contributed by atoms with Crippen LogP contribution >= 0.6 is 12.9 Å². The number of carbonyl (C=O) groups is 1. The molecule has 0 aliphatic carbocycles. The van der Waals surface area contributed by atoms with E-state index in [4.69, 9.17) is 0 Å². The van der Waals surface area contributed by atoms with Crippen molar-refractivity contribution < 1.29 is 13.9 Å². The van der Waals surface area contributed by atoms with E-state index >= 15 is 0 Å². The minimum Gasteiger partial charge on any atom is -0.359 e. The van der Waals surface area contributed by atoms with E-state index in [-0.39, 0.29) is 5.91 Å². The first-order chi connectivity index (χ1) is 8.97. The molecular formula is C9H24N6O3S. The molecule has 1 aromatic heterocycles. The second-order valence-electron chi connectivity index (χ2n) is 2.47. The first kappa shape index (κ1) is 22.9. The van der Waals surface area contributed by atoms with Crippen molar-refractivity contribution >= 4 is 18.8 Å². The highest BCUT2D eigenvalue weighted by molar-refractivity contribution is 7.75. The van der Waals surface area contributed by atoms with Gasteiger partial charge in [0.15, 0.2) is 5.82 Å². The van der Waals surface area contributed by atoms with Gasteiger partial charge in [0.1, 0.15) is 0 Å². The lowest BCUT2D eigenvalue weighted by molar-refractivity contribution is -0.274. The SMILES string of the molecule is CC.CNC(C)=O.CON(C)OS.Cc1nn[nH]n1. The molecule has 0 saturated carbocycles. The highest BCUT2D eigenvalue weighted by Gasteiger charge is 1.83. The first-order valence-electron chi connectivity index (χ1n) is 5.45. The smallest absolute Gasteiger partial charge is 0.216 e. The molecule has 1 rings (SSSR count). The lowest BCUT2D eigenvalue weighted by Crippen LogP contribution is -2.11. The summed E-state index contributed by atoms with van der Waals surface area (Å²) in [6.45, 7) is 7.24. The Morgan fingerprint density at radius 1 is 1.47 bits per heavy atom. The fraction of sp³-hybridized carbons (Fsp3) is 0.778. The van der Waals surface area contributed by atoms with E-state index in [0.717, 1.165) is 5.23 Å². The predicted octanol–water partition coefficient (Wildman–Crippen LogP) is 0.543. The Balaban J connectivity index is -0.000000191.